The van der Waals surface area contributed by atoms with Crippen molar-refractivity contribution in [2.24, 2.45) is 11.1 Å². The lowest BCUT2D eigenvalue weighted by atomic mass is 9.90. The molecule has 0 bridgehead atoms. The van der Waals surface area contributed by atoms with Crippen LogP contribution in [0.2, 0.25) is 5.02 Å². The lowest BCUT2D eigenvalue weighted by Gasteiger charge is -2.26. The van der Waals surface area contributed by atoms with Gasteiger partial charge in [-0.25, -0.2) is 0 Å². The van der Waals surface area contributed by atoms with Gasteiger partial charge in [0.1, 0.15) is 5.75 Å². The molecule has 128 valence electrons. The first-order valence-corrected chi connectivity index (χ1v) is 8.26. The molecule has 1 saturated heterocycles. The molecule has 1 aliphatic rings. The van der Waals surface area contributed by atoms with Crippen LogP contribution < -0.4 is 15.8 Å². The summed E-state index contributed by atoms with van der Waals surface area (Å²) in [6.07, 6.45) is 1.02. The Bertz CT molecular complexity index is 593. The van der Waals surface area contributed by atoms with Crippen LogP contribution in [0.3, 0.4) is 0 Å². The van der Waals surface area contributed by atoms with Crippen molar-refractivity contribution in [2.75, 3.05) is 32.1 Å². The molecule has 23 heavy (non-hydrogen) atoms. The normalized spacial score (nSPS) is 22.9. The number of likely N-dealkylation sites (tertiary alicyclic amines) is 1. The minimum Gasteiger partial charge on any atom is -0.495 e. The van der Waals surface area contributed by atoms with E-state index in [1.807, 2.05) is 19.9 Å². The number of halogens is 1. The van der Waals surface area contributed by atoms with E-state index in [0.29, 0.717) is 23.0 Å². The summed E-state index contributed by atoms with van der Waals surface area (Å²) in [5, 5.41) is 3.57. The maximum atomic E-state index is 12.6. The van der Waals surface area contributed by atoms with Crippen molar-refractivity contribution in [3.63, 3.8) is 0 Å². The highest BCUT2D eigenvalue weighted by molar-refractivity contribution is 6.31. The Morgan fingerprint density at radius 1 is 1.57 bits per heavy atom. The second kappa shape index (κ2) is 7.07. The van der Waals surface area contributed by atoms with Crippen LogP contribution in [0.1, 0.15) is 25.8 Å². The number of nitrogens with two attached hydrogens (primary N) is 1. The van der Waals surface area contributed by atoms with Gasteiger partial charge in [0.2, 0.25) is 5.91 Å². The zero-order valence-electron chi connectivity index (χ0n) is 14.3. The van der Waals surface area contributed by atoms with Gasteiger partial charge in [0.05, 0.1) is 18.8 Å². The summed E-state index contributed by atoms with van der Waals surface area (Å²) in [7, 11) is 1.56. The zero-order chi connectivity index (χ0) is 17.2. The van der Waals surface area contributed by atoms with Gasteiger partial charge in [-0.15, -0.1) is 0 Å². The van der Waals surface area contributed by atoms with Crippen molar-refractivity contribution in [3.8, 4) is 5.75 Å². The summed E-state index contributed by atoms with van der Waals surface area (Å²) in [5.41, 5.74) is 7.48. The Labute approximate surface area is 143 Å². The monoisotopic (exact) mass is 339 g/mol. The number of aryl methyl sites for hydroxylation is 1. The molecule has 1 fully saturated rings. The smallest absolute Gasteiger partial charge is 0.241 e. The van der Waals surface area contributed by atoms with Crippen LogP contribution in [0, 0.1) is 12.3 Å². The van der Waals surface area contributed by atoms with Gasteiger partial charge in [-0.2, -0.15) is 0 Å². The van der Waals surface area contributed by atoms with Crippen molar-refractivity contribution < 1.29 is 9.53 Å². The number of hydrogen-bond donors (Lipinski definition) is 2. The molecule has 2 rings (SSSR count). The summed E-state index contributed by atoms with van der Waals surface area (Å²) >= 11 is 6.10. The molecule has 5 nitrogen and oxygen atoms in total. The fraction of sp³-hybridized carbons (Fsp3) is 0.588. The first kappa shape index (κ1) is 18.0. The molecule has 6 heteroatoms. The summed E-state index contributed by atoms with van der Waals surface area (Å²) < 4.78 is 5.31. The fourth-order valence-electron chi connectivity index (χ4n) is 2.89. The molecule has 1 aromatic rings. The van der Waals surface area contributed by atoms with E-state index in [-0.39, 0.29) is 17.4 Å². The molecule has 1 heterocycles. The van der Waals surface area contributed by atoms with Crippen molar-refractivity contribution in [2.45, 2.75) is 33.2 Å². The Morgan fingerprint density at radius 3 is 2.83 bits per heavy atom. The third-order valence-corrected chi connectivity index (χ3v) is 5.15. The second-order valence-corrected chi connectivity index (χ2v) is 7.11. The van der Waals surface area contributed by atoms with Gasteiger partial charge in [0, 0.05) is 17.6 Å². The number of rotatable bonds is 5. The number of anilines is 1. The molecule has 0 saturated carbocycles. The Hall–Kier alpha value is -1.30. The van der Waals surface area contributed by atoms with Gasteiger partial charge in [-0.1, -0.05) is 18.5 Å². The van der Waals surface area contributed by atoms with E-state index in [4.69, 9.17) is 22.1 Å². The SMILES string of the molecule is COc1cc(Cl)c(C)cc1NC(=O)C(C)N1CCC(C)(CN)C1. The van der Waals surface area contributed by atoms with E-state index in [1.165, 1.54) is 0 Å². The van der Waals surface area contributed by atoms with Gasteiger partial charge < -0.3 is 15.8 Å². The number of carbonyl (C=O) groups excluding carboxylic acids is 1. The molecule has 2 unspecified atom stereocenters. The Morgan fingerprint density at radius 2 is 2.26 bits per heavy atom. The summed E-state index contributed by atoms with van der Waals surface area (Å²) in [5.74, 6) is 0.515. The number of ether oxygens (including phenoxy) is 1. The van der Waals surface area contributed by atoms with E-state index in [0.717, 1.165) is 25.1 Å². The molecular weight excluding hydrogens is 314 g/mol. The average Bonchev–Trinajstić information content (AvgIpc) is 2.93. The van der Waals surface area contributed by atoms with E-state index in [9.17, 15) is 4.79 Å². The van der Waals surface area contributed by atoms with Gasteiger partial charge >= 0.3 is 0 Å². The Balaban J connectivity index is 2.09. The van der Waals surface area contributed by atoms with E-state index >= 15 is 0 Å². The molecule has 0 radical (unpaired) electrons. The number of nitrogens with one attached hydrogen (secondary N) is 1. The van der Waals surface area contributed by atoms with E-state index in [1.54, 1.807) is 13.2 Å². The fourth-order valence-corrected chi connectivity index (χ4v) is 3.05. The van der Waals surface area contributed by atoms with Crippen molar-refractivity contribution >= 4 is 23.2 Å². The van der Waals surface area contributed by atoms with Crippen LogP contribution in [0.4, 0.5) is 5.69 Å². The highest BCUT2D eigenvalue weighted by Gasteiger charge is 2.36. The molecule has 1 amide bonds. The zero-order valence-corrected chi connectivity index (χ0v) is 15.0. The standard InChI is InChI=1S/C17H26ClN3O2/c1-11-7-14(15(23-4)8-13(11)18)20-16(22)12(2)21-6-5-17(3,9-19)10-21/h7-8,12H,5-6,9-10,19H2,1-4H3,(H,20,22). The predicted molar refractivity (Wildman–Crippen MR) is 94.2 cm³/mol. The first-order valence-electron chi connectivity index (χ1n) is 7.89. The molecule has 0 aromatic heterocycles. The minimum atomic E-state index is -0.218. The topological polar surface area (TPSA) is 67.6 Å². The first-order chi connectivity index (χ1) is 10.8. The van der Waals surface area contributed by atoms with Crippen LogP contribution in [0.5, 0.6) is 5.75 Å². The highest BCUT2D eigenvalue weighted by atomic mass is 35.5. The van der Waals surface area contributed by atoms with Crippen LogP contribution in [0.25, 0.3) is 0 Å². The van der Waals surface area contributed by atoms with Crippen molar-refractivity contribution in [1.29, 1.82) is 0 Å². The van der Waals surface area contributed by atoms with Gasteiger partial charge in [0.15, 0.2) is 0 Å². The van der Waals surface area contributed by atoms with Gasteiger partial charge in [-0.05, 0) is 50.4 Å². The molecule has 2 atom stereocenters. The molecule has 1 aromatic carbocycles. The quantitative estimate of drug-likeness (QED) is 0.865. The van der Waals surface area contributed by atoms with E-state index in [2.05, 4.69) is 17.1 Å². The van der Waals surface area contributed by atoms with Crippen LogP contribution in [0.15, 0.2) is 12.1 Å². The second-order valence-electron chi connectivity index (χ2n) is 6.70. The number of amides is 1. The third-order valence-electron chi connectivity index (χ3n) is 4.75. The Kier molecular flexibility index (Phi) is 5.55. The maximum Gasteiger partial charge on any atom is 0.241 e. The number of nitrogens with zero attached hydrogens (tertiary/aromatic N) is 1. The molecule has 0 spiro atoms. The van der Waals surface area contributed by atoms with Crippen molar-refractivity contribution in [3.05, 3.63) is 22.7 Å². The minimum absolute atomic E-state index is 0.0497. The molecule has 0 aliphatic carbocycles. The number of benzene rings is 1. The highest BCUT2D eigenvalue weighted by Crippen LogP contribution is 2.32. The van der Waals surface area contributed by atoms with Gasteiger partial charge in [0.25, 0.3) is 0 Å². The van der Waals surface area contributed by atoms with Gasteiger partial charge in [-0.3, -0.25) is 9.69 Å². The molecule has 3 N–H and O–H groups in total. The van der Waals surface area contributed by atoms with Crippen molar-refractivity contribution in [1.82, 2.24) is 4.90 Å². The summed E-state index contributed by atoms with van der Waals surface area (Å²) in [6, 6.07) is 3.34. The third kappa shape index (κ3) is 3.97. The summed E-state index contributed by atoms with van der Waals surface area (Å²) in [4.78, 5) is 14.8. The van der Waals surface area contributed by atoms with E-state index < -0.39 is 0 Å². The van der Waals surface area contributed by atoms with Crippen LogP contribution in [-0.4, -0.2) is 43.6 Å². The number of methoxy groups -OCH3 is 1. The number of carbonyl (C=O) groups is 1. The molecular formula is C17H26ClN3O2. The lowest BCUT2D eigenvalue weighted by molar-refractivity contribution is -0.120. The lowest BCUT2D eigenvalue weighted by Crippen LogP contribution is -2.42. The largest absolute Gasteiger partial charge is 0.495 e. The number of hydrogen-bond acceptors (Lipinski definition) is 4. The van der Waals surface area contributed by atoms with Crippen LogP contribution in [-0.2, 0) is 4.79 Å². The predicted octanol–water partition coefficient (Wildman–Crippen LogP) is 2.65. The average molecular weight is 340 g/mol. The summed E-state index contributed by atoms with van der Waals surface area (Å²) in [6.45, 7) is 8.36. The molecule has 1 aliphatic heterocycles. The maximum absolute atomic E-state index is 12.6. The van der Waals surface area contributed by atoms with Crippen LogP contribution >= 0.6 is 11.6 Å².